The number of carbonyl (C=O) groups excluding carboxylic acids is 6. The first-order chi connectivity index (χ1) is 32.4. The molecule has 2 saturated heterocycles. The number of amides is 5. The van der Waals surface area contributed by atoms with E-state index in [1.54, 1.807) is 19.9 Å². The first-order valence-electron chi connectivity index (χ1n) is 22.8. The normalized spacial score (nSPS) is 17.9. The van der Waals surface area contributed by atoms with Gasteiger partial charge in [0.25, 0.3) is 0 Å². The minimum absolute atomic E-state index is 0. The van der Waals surface area contributed by atoms with E-state index in [4.69, 9.17) is 44.0 Å². The molecule has 5 amide bonds. The molecule has 0 bridgehead atoms. The van der Waals surface area contributed by atoms with Gasteiger partial charge >= 0.3 is 86.9 Å². The van der Waals surface area contributed by atoms with Gasteiger partial charge < -0.3 is 82.9 Å². The SMILES string of the molecule is CC.CC(=O)OCc1ccc(NC(=O)C2SC2NC(=O)C(NC(=O)CCOCCOCCOCCOCCC(=O)C(C)C)C(C)C)c(OC2CC(O)CC(C(=O)O)O2)c1.CCCNC(N)=O.CO.[CH3-].[Cs+]. The van der Waals surface area contributed by atoms with Crippen LogP contribution in [-0.4, -0.2) is 158 Å². The van der Waals surface area contributed by atoms with Crippen molar-refractivity contribution in [3.63, 3.8) is 0 Å². The van der Waals surface area contributed by atoms with Crippen molar-refractivity contribution in [2.24, 2.45) is 17.6 Å². The summed E-state index contributed by atoms with van der Waals surface area (Å²) in [6.45, 7) is 17.7. The van der Waals surface area contributed by atoms with E-state index in [0.717, 1.165) is 13.5 Å². The quantitative estimate of drug-likeness (QED) is 0.0226. The smallest absolute Gasteiger partial charge is 0.479 e. The molecule has 1 aromatic rings. The summed E-state index contributed by atoms with van der Waals surface area (Å²) in [6, 6.07) is 3.34. The maximum Gasteiger partial charge on any atom is 1.00 e. The van der Waals surface area contributed by atoms with Crippen LogP contribution in [0.3, 0.4) is 0 Å². The summed E-state index contributed by atoms with van der Waals surface area (Å²) >= 11 is 1.20. The molecular weight excluding hydrogens is 1060 g/mol. The number of nitrogens with two attached hydrogens (primary N) is 1. The Balaban J connectivity index is -0.00000312. The van der Waals surface area contributed by atoms with Crippen LogP contribution in [0.15, 0.2) is 18.2 Å². The number of aliphatic hydroxyl groups excluding tert-OH is 2. The molecule has 70 heavy (non-hydrogen) atoms. The van der Waals surface area contributed by atoms with Gasteiger partial charge in [0.2, 0.25) is 24.0 Å². The van der Waals surface area contributed by atoms with Gasteiger partial charge in [-0.3, -0.25) is 24.0 Å². The molecule has 1 aromatic carbocycles. The fourth-order valence-electron chi connectivity index (χ4n) is 5.55. The standard InChI is InChI=1S/C38H57N3O15S.C4H10N2O.C2H6.CH4O.CH3.Cs/c1-22(2)28(44)8-10-50-12-14-52-16-17-53-15-13-51-11-9-31(45)40-33(23(3)4)35(46)41-37-34(57-37)36(47)39-27-7-6-25(21-54-24(5)42)18-29(27)55-32-20-26(43)19-30(56-32)38(48)49;1-2-3-6-4(5)7;2*1-2;;/h6-7,18,22-23,26,30,32-34,37,43H,8-17,19-21H2,1-5H3,(H,39,47)(H,40,45)(H,41,46)(H,48,49);2-3H2,1H3,(H3,5,6,7);1-2H3;2H,1H3;1H3;/q;;;;-1;+1. The second-order valence-electron chi connectivity index (χ2n) is 15.4. The molecule has 6 atom stereocenters. The predicted octanol–water partition coefficient (Wildman–Crippen LogP) is -0.0585. The van der Waals surface area contributed by atoms with E-state index in [1.807, 2.05) is 34.6 Å². The Kier molecular flexibility index (Phi) is 43.9. The average molecular weight is 1140 g/mol. The van der Waals surface area contributed by atoms with Crippen LogP contribution in [0.1, 0.15) is 93.1 Å². The van der Waals surface area contributed by atoms with E-state index < -0.39 is 64.9 Å². The fraction of sp³-hybridized carbons (Fsp3) is 0.696. The number of primary amides is 1. The largest absolute Gasteiger partial charge is 1.00 e. The van der Waals surface area contributed by atoms with Crippen molar-refractivity contribution in [3.05, 3.63) is 31.2 Å². The zero-order valence-corrected chi connectivity index (χ0v) is 50.1. The third kappa shape index (κ3) is 33.2. The van der Waals surface area contributed by atoms with Crippen molar-refractivity contribution in [2.75, 3.05) is 71.8 Å². The molecule has 0 aliphatic carbocycles. The van der Waals surface area contributed by atoms with Crippen molar-refractivity contribution in [1.82, 2.24) is 16.0 Å². The molecule has 6 unspecified atom stereocenters. The number of esters is 1. The molecule has 9 N–H and O–H groups in total. The Morgan fingerprint density at radius 1 is 0.871 bits per heavy atom. The van der Waals surface area contributed by atoms with Crippen molar-refractivity contribution in [1.29, 1.82) is 0 Å². The van der Waals surface area contributed by atoms with E-state index in [2.05, 4.69) is 21.3 Å². The van der Waals surface area contributed by atoms with Gasteiger partial charge in [-0.15, -0.1) is 11.8 Å². The number of anilines is 1. The van der Waals surface area contributed by atoms with Crippen LogP contribution < -0.4 is 101 Å². The molecule has 0 spiro atoms. The number of Topliss-reactive ketones (excluding diaryl/α,β-unsaturated/α-hetero) is 1. The van der Waals surface area contributed by atoms with Crippen LogP contribution in [0, 0.1) is 19.3 Å². The molecule has 24 heteroatoms. The van der Waals surface area contributed by atoms with Crippen molar-refractivity contribution in [2.45, 2.75) is 129 Å². The molecule has 3 rings (SSSR count). The number of hydrogen-bond donors (Lipinski definition) is 8. The van der Waals surface area contributed by atoms with Crippen LogP contribution in [-0.2, 0) is 63.8 Å². The number of ketones is 1. The van der Waals surface area contributed by atoms with Gasteiger partial charge in [-0.05, 0) is 30.0 Å². The van der Waals surface area contributed by atoms with Crippen LogP contribution in [0.4, 0.5) is 10.5 Å². The minimum atomic E-state index is -1.29. The number of nitrogens with one attached hydrogen (secondary N) is 4. The van der Waals surface area contributed by atoms with Crippen molar-refractivity contribution in [3.8, 4) is 5.75 Å². The first kappa shape index (κ1) is 71.7. The monoisotopic (exact) mass is 1140 g/mol. The molecule has 22 nitrogen and oxygen atoms in total. The number of hydrogen-bond acceptors (Lipinski definition) is 17. The molecule has 2 fully saturated rings. The topological polar surface area (TPSA) is 319 Å². The average Bonchev–Trinajstić information content (AvgIpc) is 4.07. The van der Waals surface area contributed by atoms with E-state index in [-0.39, 0.29) is 150 Å². The van der Waals surface area contributed by atoms with Crippen molar-refractivity contribution >= 4 is 58.9 Å². The van der Waals surface area contributed by atoms with E-state index in [9.17, 15) is 43.8 Å². The van der Waals surface area contributed by atoms with Gasteiger partial charge in [0.1, 0.15) is 29.4 Å². The molecule has 0 radical (unpaired) electrons. The summed E-state index contributed by atoms with van der Waals surface area (Å²) in [5, 5.41) is 36.1. The zero-order valence-electron chi connectivity index (χ0n) is 43.0. The number of thioether (sulfide) groups is 1. The Hall–Kier alpha value is -2.57. The summed E-state index contributed by atoms with van der Waals surface area (Å²) < 4.78 is 38.2. The first-order valence-corrected chi connectivity index (χ1v) is 23.7. The molecule has 398 valence electrons. The predicted molar refractivity (Wildman–Crippen MR) is 259 cm³/mol. The molecule has 2 heterocycles. The summed E-state index contributed by atoms with van der Waals surface area (Å²) in [4.78, 5) is 83.4. The Morgan fingerprint density at radius 3 is 1.91 bits per heavy atom. The van der Waals surface area contributed by atoms with Gasteiger partial charge in [0.05, 0.1) is 70.0 Å². The van der Waals surface area contributed by atoms with Gasteiger partial charge in [0.15, 0.2) is 6.10 Å². The van der Waals surface area contributed by atoms with E-state index >= 15 is 0 Å². The number of ether oxygens (including phenoxy) is 7. The van der Waals surface area contributed by atoms with Gasteiger partial charge in [-0.2, -0.15) is 0 Å². The van der Waals surface area contributed by atoms with Crippen LogP contribution in [0.5, 0.6) is 5.75 Å². The summed E-state index contributed by atoms with van der Waals surface area (Å²) in [7, 11) is 1.00. The second kappa shape index (κ2) is 42.9. The fourth-order valence-corrected chi connectivity index (χ4v) is 6.33. The van der Waals surface area contributed by atoms with Gasteiger partial charge in [-0.25, -0.2) is 9.59 Å². The number of carboxylic acids is 1. The summed E-state index contributed by atoms with van der Waals surface area (Å²) in [5.74, 6) is -3.02. The molecule has 0 saturated carbocycles. The number of rotatable bonds is 29. The van der Waals surface area contributed by atoms with Crippen molar-refractivity contribution < 1.29 is 151 Å². The second-order valence-corrected chi connectivity index (χ2v) is 16.7. The summed E-state index contributed by atoms with van der Waals surface area (Å²) in [5.41, 5.74) is 5.45. The Bertz CT molecular complexity index is 1660. The maximum atomic E-state index is 13.3. The maximum absolute atomic E-state index is 13.3. The Labute approximate surface area is 476 Å². The zero-order chi connectivity index (χ0) is 51.6. The minimum Gasteiger partial charge on any atom is -0.479 e. The van der Waals surface area contributed by atoms with Crippen LogP contribution in [0.25, 0.3) is 0 Å². The molecular formula is C46H80CsN5O17S. The van der Waals surface area contributed by atoms with E-state index in [1.165, 1.54) is 30.8 Å². The molecule has 2 aliphatic rings. The van der Waals surface area contributed by atoms with E-state index in [0.29, 0.717) is 58.2 Å². The third-order valence-electron chi connectivity index (χ3n) is 9.12. The number of carboxylic acid groups (broad SMARTS) is 1. The number of urea groups is 1. The number of benzene rings is 1. The Morgan fingerprint density at radius 2 is 1.43 bits per heavy atom. The number of aliphatic hydroxyl groups is 2. The molecule has 0 aromatic heterocycles. The van der Waals surface area contributed by atoms with Gasteiger partial charge in [0, 0.05) is 52.2 Å². The number of aliphatic carboxylic acids is 1. The number of carbonyl (C=O) groups is 7. The third-order valence-corrected chi connectivity index (χ3v) is 10.3. The molecule has 2 aliphatic heterocycles. The van der Waals surface area contributed by atoms with Gasteiger partial charge in [-0.1, -0.05) is 54.5 Å². The van der Waals surface area contributed by atoms with Crippen LogP contribution >= 0.6 is 11.8 Å². The summed E-state index contributed by atoms with van der Waals surface area (Å²) in [6.07, 6.45) is -2.20. The van der Waals surface area contributed by atoms with Crippen LogP contribution in [0.2, 0.25) is 0 Å².